The van der Waals surface area contributed by atoms with E-state index < -0.39 is 0 Å². The Balaban J connectivity index is 1.74. The van der Waals surface area contributed by atoms with Crippen LogP contribution in [-0.4, -0.2) is 29.4 Å². The summed E-state index contributed by atoms with van der Waals surface area (Å²) in [5, 5.41) is 3.34. The average molecular weight is 230 g/mol. The molecule has 0 radical (unpaired) electrons. The third-order valence-electron chi connectivity index (χ3n) is 3.91. The van der Waals surface area contributed by atoms with Crippen LogP contribution in [0.1, 0.15) is 25.3 Å². The maximum absolute atomic E-state index is 12.4. The fraction of sp³-hybridized carbons (Fsp3) is 0.500. The van der Waals surface area contributed by atoms with Crippen molar-refractivity contribution in [1.29, 1.82) is 0 Å². The third-order valence-corrected chi connectivity index (χ3v) is 3.91. The number of fused-ring (bicyclic) bond motifs is 1. The highest BCUT2D eigenvalue weighted by atomic mass is 16.2. The van der Waals surface area contributed by atoms with E-state index in [0.29, 0.717) is 6.04 Å². The number of carbonyl (C=O) groups is 1. The molecule has 1 amide bonds. The Morgan fingerprint density at radius 3 is 2.94 bits per heavy atom. The highest BCUT2D eigenvalue weighted by Crippen LogP contribution is 2.27. The maximum Gasteiger partial charge on any atom is 0.245 e. The number of nitrogens with zero attached hydrogens (tertiary/aromatic N) is 1. The molecule has 2 aliphatic heterocycles. The molecule has 3 rings (SSSR count). The van der Waals surface area contributed by atoms with Crippen LogP contribution < -0.4 is 5.32 Å². The van der Waals surface area contributed by atoms with Crippen molar-refractivity contribution in [3.05, 3.63) is 29.8 Å². The van der Waals surface area contributed by atoms with E-state index in [1.54, 1.807) is 0 Å². The Morgan fingerprint density at radius 1 is 1.41 bits per heavy atom. The number of benzene rings is 1. The summed E-state index contributed by atoms with van der Waals surface area (Å²) >= 11 is 0. The molecule has 0 bridgehead atoms. The molecule has 1 fully saturated rings. The van der Waals surface area contributed by atoms with Crippen LogP contribution in [0.25, 0.3) is 0 Å². The van der Waals surface area contributed by atoms with Crippen molar-refractivity contribution >= 4 is 11.6 Å². The molecule has 1 aromatic rings. The van der Waals surface area contributed by atoms with Crippen LogP contribution in [0.15, 0.2) is 24.3 Å². The lowest BCUT2D eigenvalue weighted by molar-refractivity contribution is -0.132. The molecule has 2 heterocycles. The molecule has 1 saturated heterocycles. The van der Waals surface area contributed by atoms with Gasteiger partial charge in [-0.2, -0.15) is 0 Å². The zero-order valence-corrected chi connectivity index (χ0v) is 10.1. The fourth-order valence-corrected chi connectivity index (χ4v) is 2.91. The van der Waals surface area contributed by atoms with Gasteiger partial charge in [-0.05, 0) is 31.4 Å². The molecular weight excluding hydrogens is 212 g/mol. The molecule has 3 heteroatoms. The van der Waals surface area contributed by atoms with Crippen LogP contribution in [0.5, 0.6) is 0 Å². The van der Waals surface area contributed by atoms with Crippen molar-refractivity contribution in [3.63, 3.8) is 0 Å². The minimum Gasteiger partial charge on any atom is -0.373 e. The standard InChI is InChI=1S/C14H18N2O/c1-10-5-4-8-16(10)14(17)13-9-11-6-2-3-7-12(11)15-13/h2-3,6-7,10,13,15H,4-5,8-9H2,1H3/t10?,13-/m0/s1. The quantitative estimate of drug-likeness (QED) is 0.800. The van der Waals surface area contributed by atoms with Crippen molar-refractivity contribution in [1.82, 2.24) is 4.90 Å². The second kappa shape index (κ2) is 4.06. The van der Waals surface area contributed by atoms with Crippen molar-refractivity contribution in [2.24, 2.45) is 0 Å². The number of anilines is 1. The molecule has 1 aromatic carbocycles. The number of amides is 1. The van der Waals surface area contributed by atoms with Crippen molar-refractivity contribution < 1.29 is 4.79 Å². The summed E-state index contributed by atoms with van der Waals surface area (Å²) < 4.78 is 0. The van der Waals surface area contributed by atoms with Gasteiger partial charge in [-0.1, -0.05) is 18.2 Å². The number of hydrogen-bond acceptors (Lipinski definition) is 2. The van der Waals surface area contributed by atoms with E-state index in [9.17, 15) is 4.79 Å². The van der Waals surface area contributed by atoms with E-state index in [1.165, 1.54) is 5.56 Å². The maximum atomic E-state index is 12.4. The normalized spacial score (nSPS) is 26.8. The molecule has 17 heavy (non-hydrogen) atoms. The van der Waals surface area contributed by atoms with E-state index in [2.05, 4.69) is 24.4 Å². The van der Waals surface area contributed by atoms with E-state index in [4.69, 9.17) is 0 Å². The van der Waals surface area contributed by atoms with Gasteiger partial charge in [-0.15, -0.1) is 0 Å². The predicted molar refractivity (Wildman–Crippen MR) is 68.0 cm³/mol. The summed E-state index contributed by atoms with van der Waals surface area (Å²) in [6.07, 6.45) is 3.12. The molecule has 2 atom stereocenters. The summed E-state index contributed by atoms with van der Waals surface area (Å²) in [6.45, 7) is 3.07. The van der Waals surface area contributed by atoms with Gasteiger partial charge in [0.05, 0.1) is 0 Å². The van der Waals surface area contributed by atoms with Gasteiger partial charge in [-0.25, -0.2) is 0 Å². The first kappa shape index (κ1) is 10.6. The average Bonchev–Trinajstić information content (AvgIpc) is 2.93. The van der Waals surface area contributed by atoms with E-state index in [0.717, 1.165) is 31.5 Å². The molecule has 2 aliphatic rings. The lowest BCUT2D eigenvalue weighted by atomic mass is 10.1. The second-order valence-electron chi connectivity index (χ2n) is 5.08. The highest BCUT2D eigenvalue weighted by molar-refractivity contribution is 5.87. The fourth-order valence-electron chi connectivity index (χ4n) is 2.91. The number of carbonyl (C=O) groups excluding carboxylic acids is 1. The Hall–Kier alpha value is -1.51. The van der Waals surface area contributed by atoms with Gasteiger partial charge in [0.2, 0.25) is 5.91 Å². The van der Waals surface area contributed by atoms with Crippen molar-refractivity contribution in [3.8, 4) is 0 Å². The first-order chi connectivity index (χ1) is 8.25. The van der Waals surface area contributed by atoms with E-state index >= 15 is 0 Å². The molecule has 0 aromatic heterocycles. The summed E-state index contributed by atoms with van der Waals surface area (Å²) in [6, 6.07) is 8.56. The van der Waals surface area contributed by atoms with Gasteiger partial charge >= 0.3 is 0 Å². The minimum atomic E-state index is -0.0482. The highest BCUT2D eigenvalue weighted by Gasteiger charge is 2.33. The topological polar surface area (TPSA) is 32.3 Å². The largest absolute Gasteiger partial charge is 0.373 e. The predicted octanol–water partition coefficient (Wildman–Crippen LogP) is 2.03. The zero-order valence-electron chi connectivity index (χ0n) is 10.1. The van der Waals surface area contributed by atoms with Gasteiger partial charge in [0, 0.05) is 24.7 Å². The van der Waals surface area contributed by atoms with Crippen LogP contribution in [-0.2, 0) is 11.2 Å². The molecule has 0 saturated carbocycles. The van der Waals surface area contributed by atoms with Crippen LogP contribution in [0.4, 0.5) is 5.69 Å². The Kier molecular flexibility index (Phi) is 2.54. The Morgan fingerprint density at radius 2 is 2.24 bits per heavy atom. The van der Waals surface area contributed by atoms with Crippen molar-refractivity contribution in [2.45, 2.75) is 38.3 Å². The summed E-state index contributed by atoms with van der Waals surface area (Å²) in [7, 11) is 0. The van der Waals surface area contributed by atoms with Gasteiger partial charge < -0.3 is 10.2 Å². The minimum absolute atomic E-state index is 0.0482. The monoisotopic (exact) mass is 230 g/mol. The summed E-state index contributed by atoms with van der Waals surface area (Å²) in [5.41, 5.74) is 2.38. The van der Waals surface area contributed by atoms with Crippen LogP contribution in [0, 0.1) is 0 Å². The third kappa shape index (κ3) is 1.79. The number of nitrogens with one attached hydrogen (secondary N) is 1. The molecule has 3 nitrogen and oxygen atoms in total. The van der Waals surface area contributed by atoms with Gasteiger partial charge in [-0.3, -0.25) is 4.79 Å². The summed E-state index contributed by atoms with van der Waals surface area (Å²) in [5.74, 6) is 0.270. The van der Waals surface area contributed by atoms with Crippen LogP contribution >= 0.6 is 0 Å². The number of hydrogen-bond donors (Lipinski definition) is 1. The zero-order chi connectivity index (χ0) is 11.8. The van der Waals surface area contributed by atoms with Gasteiger partial charge in [0.25, 0.3) is 0 Å². The molecule has 90 valence electrons. The molecule has 0 spiro atoms. The Labute approximate surface area is 102 Å². The number of rotatable bonds is 1. The molecule has 1 unspecified atom stereocenters. The van der Waals surface area contributed by atoms with Crippen molar-refractivity contribution in [2.75, 3.05) is 11.9 Å². The lowest BCUT2D eigenvalue weighted by Crippen LogP contribution is -2.43. The lowest BCUT2D eigenvalue weighted by Gasteiger charge is -2.25. The number of likely N-dealkylation sites (tertiary alicyclic amines) is 1. The molecular formula is C14H18N2O. The van der Waals surface area contributed by atoms with Crippen LogP contribution in [0.3, 0.4) is 0 Å². The summed E-state index contributed by atoms with van der Waals surface area (Å²) in [4.78, 5) is 14.4. The second-order valence-corrected chi connectivity index (χ2v) is 5.08. The smallest absolute Gasteiger partial charge is 0.245 e. The van der Waals surface area contributed by atoms with Gasteiger partial charge in [0.1, 0.15) is 6.04 Å². The van der Waals surface area contributed by atoms with Crippen LogP contribution in [0.2, 0.25) is 0 Å². The first-order valence-corrected chi connectivity index (χ1v) is 6.40. The van der Waals surface area contributed by atoms with E-state index in [-0.39, 0.29) is 11.9 Å². The Bertz CT molecular complexity index is 419. The number of para-hydroxylation sites is 1. The first-order valence-electron chi connectivity index (χ1n) is 6.40. The van der Waals surface area contributed by atoms with E-state index in [1.807, 2.05) is 17.0 Å². The molecule has 1 N–H and O–H groups in total. The SMILES string of the molecule is CC1CCCN1C(=O)[C@@H]1Cc2ccccc2N1. The molecule has 0 aliphatic carbocycles. The van der Waals surface area contributed by atoms with Gasteiger partial charge in [0.15, 0.2) is 0 Å².